The van der Waals surface area contributed by atoms with Gasteiger partial charge < -0.3 is 29.2 Å². The molecule has 10 heteroatoms. The van der Waals surface area contributed by atoms with Gasteiger partial charge in [0.15, 0.2) is 0 Å². The van der Waals surface area contributed by atoms with Crippen LogP contribution in [-0.2, 0) is 11.3 Å². The lowest BCUT2D eigenvalue weighted by atomic mass is 9.94. The van der Waals surface area contributed by atoms with Crippen LogP contribution in [0.2, 0.25) is 0 Å². The molecule has 1 aromatic heterocycles. The standard InChI is InChI=1S/C36H41N7O3/c1-25-19-26(2)34(39-30-13-15-41(16-14-30)32-12-8-7-11-29(32)20-37)27(3)33(25)35(44)42-17-18-43(36-40-38-24-46-36)31(21-42)23-45-22-28-9-5-4-6-10-28/h4-12,19,24,30-31,39H,13-18,21-23H2,1-3H3. The van der Waals surface area contributed by atoms with Crippen LogP contribution >= 0.6 is 0 Å². The molecule has 0 bridgehead atoms. The van der Waals surface area contributed by atoms with Gasteiger partial charge in [0.2, 0.25) is 6.39 Å². The average molecular weight is 620 g/mol. The molecule has 4 aromatic rings. The summed E-state index contributed by atoms with van der Waals surface area (Å²) >= 11 is 0. The summed E-state index contributed by atoms with van der Waals surface area (Å²) in [5.74, 6) is 0.0271. The number of para-hydroxylation sites is 1. The van der Waals surface area contributed by atoms with Crippen LogP contribution < -0.4 is 15.1 Å². The molecule has 2 fully saturated rings. The normalized spacial score (nSPS) is 17.2. The number of piperazine rings is 1. The summed E-state index contributed by atoms with van der Waals surface area (Å²) in [4.78, 5) is 20.5. The van der Waals surface area contributed by atoms with Gasteiger partial charge in [-0.1, -0.05) is 53.6 Å². The molecule has 1 amide bonds. The second kappa shape index (κ2) is 14.0. The number of carbonyl (C=O) groups is 1. The van der Waals surface area contributed by atoms with E-state index in [1.54, 1.807) is 0 Å². The lowest BCUT2D eigenvalue weighted by molar-refractivity contribution is 0.0597. The first-order valence-corrected chi connectivity index (χ1v) is 16.0. The zero-order valence-corrected chi connectivity index (χ0v) is 26.8. The molecule has 0 spiro atoms. The van der Waals surface area contributed by atoms with Crippen molar-refractivity contribution in [3.05, 3.63) is 100 Å². The first-order chi connectivity index (χ1) is 22.4. The SMILES string of the molecule is Cc1cc(C)c(C(=O)N2CCN(c3nnco3)C(COCc3ccccc3)C2)c(C)c1NC1CCN(c2ccccc2C#N)CC1. The van der Waals surface area contributed by atoms with Crippen molar-refractivity contribution < 1.29 is 13.9 Å². The highest BCUT2D eigenvalue weighted by Gasteiger charge is 2.34. The van der Waals surface area contributed by atoms with Crippen molar-refractivity contribution in [1.82, 2.24) is 15.1 Å². The molecule has 2 aliphatic rings. The summed E-state index contributed by atoms with van der Waals surface area (Å²) in [5.41, 5.74) is 7.70. The number of aryl methyl sites for hydroxylation is 2. The zero-order valence-electron chi connectivity index (χ0n) is 26.8. The van der Waals surface area contributed by atoms with Gasteiger partial charge in [-0.15, -0.1) is 5.10 Å². The van der Waals surface area contributed by atoms with Crippen LogP contribution in [0.25, 0.3) is 0 Å². The number of piperidine rings is 1. The van der Waals surface area contributed by atoms with Crippen LogP contribution in [0.3, 0.4) is 0 Å². The van der Waals surface area contributed by atoms with E-state index in [2.05, 4.69) is 46.4 Å². The molecule has 0 radical (unpaired) electrons. The molecule has 1 atom stereocenters. The van der Waals surface area contributed by atoms with Gasteiger partial charge in [-0.05, 0) is 68.0 Å². The minimum Gasteiger partial charge on any atom is -0.411 e. The Bertz CT molecular complexity index is 1680. The van der Waals surface area contributed by atoms with E-state index in [1.165, 1.54) is 6.39 Å². The minimum atomic E-state index is -0.137. The smallest absolute Gasteiger partial charge is 0.318 e. The fraction of sp³-hybridized carbons (Fsp3) is 0.389. The zero-order chi connectivity index (χ0) is 32.0. The number of nitrogens with one attached hydrogen (secondary N) is 1. The van der Waals surface area contributed by atoms with E-state index in [0.29, 0.717) is 44.4 Å². The lowest BCUT2D eigenvalue weighted by Crippen LogP contribution is -2.57. The number of hydrogen-bond donors (Lipinski definition) is 1. The van der Waals surface area contributed by atoms with Crippen LogP contribution in [0, 0.1) is 32.1 Å². The maximum absolute atomic E-state index is 14.2. The Labute approximate surface area is 270 Å². The molecule has 238 valence electrons. The van der Waals surface area contributed by atoms with Gasteiger partial charge in [0, 0.05) is 50.0 Å². The van der Waals surface area contributed by atoms with Gasteiger partial charge in [0.05, 0.1) is 30.5 Å². The van der Waals surface area contributed by atoms with Crippen LogP contribution in [-0.4, -0.2) is 72.4 Å². The molecule has 0 saturated carbocycles. The number of anilines is 3. The number of rotatable bonds is 9. The number of ether oxygens (including phenoxy) is 1. The molecule has 3 aromatic carbocycles. The largest absolute Gasteiger partial charge is 0.411 e. The topological polar surface area (TPSA) is 111 Å². The van der Waals surface area contributed by atoms with E-state index in [1.807, 2.05) is 71.3 Å². The van der Waals surface area contributed by atoms with Crippen LogP contribution in [0.5, 0.6) is 0 Å². The average Bonchev–Trinajstić information content (AvgIpc) is 3.62. The summed E-state index contributed by atoms with van der Waals surface area (Å²) in [6, 6.07) is 22.9. The second-order valence-corrected chi connectivity index (χ2v) is 12.2. The Morgan fingerprint density at radius 2 is 1.78 bits per heavy atom. The lowest BCUT2D eigenvalue weighted by Gasteiger charge is -2.40. The van der Waals surface area contributed by atoms with Gasteiger partial charge >= 0.3 is 6.01 Å². The monoisotopic (exact) mass is 619 g/mol. The van der Waals surface area contributed by atoms with Crippen LogP contribution in [0.1, 0.15) is 51.0 Å². The third kappa shape index (κ3) is 6.70. The highest BCUT2D eigenvalue weighted by atomic mass is 16.5. The summed E-state index contributed by atoms with van der Waals surface area (Å²) in [5, 5.41) is 21.4. The maximum atomic E-state index is 14.2. The predicted octanol–water partition coefficient (Wildman–Crippen LogP) is 5.50. The van der Waals surface area contributed by atoms with Crippen molar-refractivity contribution in [1.29, 1.82) is 5.26 Å². The van der Waals surface area contributed by atoms with Crippen molar-refractivity contribution in [2.24, 2.45) is 0 Å². The van der Waals surface area contributed by atoms with Crippen molar-refractivity contribution in [2.75, 3.05) is 54.4 Å². The molecule has 0 aliphatic carbocycles. The molecule has 1 N–H and O–H groups in total. The van der Waals surface area contributed by atoms with Crippen molar-refractivity contribution in [3.63, 3.8) is 0 Å². The Kier molecular flexibility index (Phi) is 9.50. The molecule has 46 heavy (non-hydrogen) atoms. The predicted molar refractivity (Wildman–Crippen MR) is 178 cm³/mol. The van der Waals surface area contributed by atoms with E-state index in [0.717, 1.165) is 65.1 Å². The Morgan fingerprint density at radius 3 is 2.52 bits per heavy atom. The maximum Gasteiger partial charge on any atom is 0.318 e. The van der Waals surface area contributed by atoms with Crippen LogP contribution in [0.4, 0.5) is 17.4 Å². The van der Waals surface area contributed by atoms with E-state index in [4.69, 9.17) is 9.15 Å². The van der Waals surface area contributed by atoms with Gasteiger partial charge in [-0.3, -0.25) is 4.79 Å². The van der Waals surface area contributed by atoms with Crippen LogP contribution in [0.15, 0.2) is 71.5 Å². The fourth-order valence-corrected chi connectivity index (χ4v) is 6.82. The number of carbonyl (C=O) groups excluding carboxylic acids is 1. The first-order valence-electron chi connectivity index (χ1n) is 16.0. The third-order valence-corrected chi connectivity index (χ3v) is 9.18. The van der Waals surface area contributed by atoms with Gasteiger partial charge in [-0.25, -0.2) is 0 Å². The number of hydrogen-bond acceptors (Lipinski definition) is 9. The van der Waals surface area contributed by atoms with E-state index >= 15 is 0 Å². The highest BCUT2D eigenvalue weighted by molar-refractivity contribution is 5.99. The summed E-state index contributed by atoms with van der Waals surface area (Å²) in [7, 11) is 0. The highest BCUT2D eigenvalue weighted by Crippen LogP contribution is 2.32. The Morgan fingerprint density at radius 1 is 1.02 bits per heavy atom. The molecular formula is C36H41N7O3. The minimum absolute atomic E-state index is 0.0271. The molecule has 10 nitrogen and oxygen atoms in total. The number of aromatic nitrogens is 2. The van der Waals surface area contributed by atoms with E-state index in [-0.39, 0.29) is 18.0 Å². The third-order valence-electron chi connectivity index (χ3n) is 9.18. The fourth-order valence-electron chi connectivity index (χ4n) is 6.82. The van der Waals surface area contributed by atoms with Crippen molar-refractivity contribution in [3.8, 4) is 6.07 Å². The van der Waals surface area contributed by atoms with Gasteiger partial charge in [0.25, 0.3) is 5.91 Å². The molecule has 2 saturated heterocycles. The Balaban J connectivity index is 1.15. The Hall–Kier alpha value is -4.88. The van der Waals surface area contributed by atoms with E-state index in [9.17, 15) is 10.1 Å². The number of benzene rings is 3. The summed E-state index contributed by atoms with van der Waals surface area (Å²) in [6.45, 7) is 10.4. The molecular weight excluding hydrogens is 578 g/mol. The quantitative estimate of drug-likeness (QED) is 0.260. The number of nitrogens with zero attached hydrogens (tertiary/aromatic N) is 6. The summed E-state index contributed by atoms with van der Waals surface area (Å²) < 4.78 is 11.7. The molecule has 6 rings (SSSR count). The second-order valence-electron chi connectivity index (χ2n) is 12.2. The molecule has 3 heterocycles. The van der Waals surface area contributed by atoms with Crippen molar-refractivity contribution in [2.45, 2.75) is 52.3 Å². The number of nitriles is 1. The summed E-state index contributed by atoms with van der Waals surface area (Å²) in [6.07, 6.45) is 3.22. The first kappa shape index (κ1) is 31.1. The van der Waals surface area contributed by atoms with Crippen molar-refractivity contribution >= 4 is 23.3 Å². The van der Waals surface area contributed by atoms with E-state index < -0.39 is 0 Å². The molecule has 1 unspecified atom stereocenters. The molecule has 2 aliphatic heterocycles. The number of amides is 1. The van der Waals surface area contributed by atoms with Gasteiger partial charge in [-0.2, -0.15) is 5.26 Å². The van der Waals surface area contributed by atoms with Gasteiger partial charge in [0.1, 0.15) is 6.07 Å².